The molecule has 13 heteroatoms. The van der Waals surface area contributed by atoms with Gasteiger partial charge in [0.1, 0.15) is 12.1 Å². The number of nitrogens with one attached hydrogen (secondary N) is 6. The molecule has 3 aliphatic rings. The second-order valence-electron chi connectivity index (χ2n) is 16.8. The van der Waals surface area contributed by atoms with Crippen molar-refractivity contribution in [1.29, 1.82) is 0 Å². The maximum atomic E-state index is 15.1. The number of hydrogen-bond acceptors (Lipinski definition) is 11. The normalized spacial score (nSPS) is 21.8. The summed E-state index contributed by atoms with van der Waals surface area (Å²) < 4.78 is 10.4. The number of amides is 2. The summed E-state index contributed by atoms with van der Waals surface area (Å²) in [7, 11) is 2.63. The highest BCUT2D eigenvalue weighted by Crippen LogP contribution is 2.28. The number of methoxy groups -OCH3 is 2. The lowest BCUT2D eigenvalue weighted by molar-refractivity contribution is -0.143. The van der Waals surface area contributed by atoms with Crippen LogP contribution in [0.2, 0.25) is 0 Å². The van der Waals surface area contributed by atoms with Gasteiger partial charge in [0.2, 0.25) is 0 Å². The van der Waals surface area contributed by atoms with Crippen molar-refractivity contribution in [1.82, 2.24) is 36.9 Å². The molecular weight excluding hydrogens is 771 g/mol. The van der Waals surface area contributed by atoms with Crippen LogP contribution in [0, 0.1) is 0 Å². The molecule has 2 unspecified atom stereocenters. The molecule has 2 heterocycles. The van der Waals surface area contributed by atoms with Gasteiger partial charge in [-0.25, -0.2) is 9.59 Å². The Labute approximate surface area is 361 Å². The number of rotatable bonds is 14. The van der Waals surface area contributed by atoms with Gasteiger partial charge in [0.05, 0.1) is 36.7 Å². The van der Waals surface area contributed by atoms with Crippen LogP contribution in [0.5, 0.6) is 0 Å². The van der Waals surface area contributed by atoms with E-state index in [0.29, 0.717) is 29.8 Å². The van der Waals surface area contributed by atoms with E-state index in [-0.39, 0.29) is 61.2 Å². The first kappa shape index (κ1) is 45.8. The first-order valence-corrected chi connectivity index (χ1v) is 22.6. The zero-order chi connectivity index (χ0) is 43.0. The molecule has 2 saturated carbocycles. The number of hydrogen-bond donors (Lipinski definition) is 6. The molecule has 0 spiro atoms. The minimum absolute atomic E-state index is 0.145. The van der Waals surface area contributed by atoms with Gasteiger partial charge in [0.15, 0.2) is 0 Å². The van der Waals surface area contributed by atoms with E-state index in [2.05, 4.69) is 38.8 Å². The van der Waals surface area contributed by atoms with E-state index in [4.69, 9.17) is 14.5 Å². The third-order valence-corrected chi connectivity index (χ3v) is 12.6. The van der Waals surface area contributed by atoms with Crippen LogP contribution in [0.25, 0.3) is 0 Å². The largest absolute Gasteiger partial charge is 0.467 e. The molecule has 6 rings (SSSR count). The van der Waals surface area contributed by atoms with E-state index in [1.54, 1.807) is 0 Å². The number of esters is 2. The van der Waals surface area contributed by atoms with Gasteiger partial charge in [-0.05, 0) is 55.2 Å². The van der Waals surface area contributed by atoms with E-state index in [0.717, 1.165) is 88.4 Å². The van der Waals surface area contributed by atoms with Crippen LogP contribution >= 0.6 is 0 Å². The van der Waals surface area contributed by atoms with Crippen LogP contribution < -0.4 is 31.9 Å². The van der Waals surface area contributed by atoms with Crippen molar-refractivity contribution in [2.75, 3.05) is 27.3 Å². The molecule has 2 aromatic carbocycles. The summed E-state index contributed by atoms with van der Waals surface area (Å²) in [5.41, 5.74) is 3.87. The molecule has 2 fully saturated rings. The van der Waals surface area contributed by atoms with Gasteiger partial charge in [0, 0.05) is 63.2 Å². The molecule has 61 heavy (non-hydrogen) atoms. The zero-order valence-corrected chi connectivity index (χ0v) is 36.4. The van der Waals surface area contributed by atoms with E-state index < -0.39 is 35.8 Å². The van der Waals surface area contributed by atoms with Crippen molar-refractivity contribution in [3.63, 3.8) is 0 Å². The Hall–Kier alpha value is -4.69. The summed E-state index contributed by atoms with van der Waals surface area (Å²) in [6.45, 7) is 4.37. The van der Waals surface area contributed by atoms with Crippen molar-refractivity contribution in [2.45, 2.75) is 146 Å². The molecule has 1 aromatic heterocycles. The quantitative estimate of drug-likeness (QED) is 0.0971. The molecule has 0 saturated heterocycles. The number of aromatic nitrogens is 1. The van der Waals surface area contributed by atoms with Crippen molar-refractivity contribution in [3.05, 3.63) is 99.9 Å². The highest BCUT2D eigenvalue weighted by Gasteiger charge is 2.34. The fraction of sp³-hybridized carbons (Fsp3) is 0.562. The van der Waals surface area contributed by atoms with E-state index >= 15 is 9.59 Å². The number of unbranched alkanes of at least 4 members (excludes halogenated alkanes) is 2. The van der Waals surface area contributed by atoms with Crippen molar-refractivity contribution in [2.24, 2.45) is 0 Å². The fourth-order valence-corrected chi connectivity index (χ4v) is 9.38. The first-order chi connectivity index (χ1) is 29.8. The lowest BCUT2D eigenvalue weighted by Crippen LogP contribution is -2.53. The SMILES string of the molecule is CCCCCc1c(C(=O)N[C@@H](Cc2ccccc2)C(=O)OC)c2nc(c1C(=O)N[C@@H](Cc1ccccc1)C(=O)OC)CN[C@@H]1CCCC[C@H]1NCCNC1CCCCC1NC2. The summed E-state index contributed by atoms with van der Waals surface area (Å²) in [4.78, 5) is 62.2. The standard InChI is InChI=1S/C48H67N7O6/c1-4-5-8-21-34-43(45(56)54-39(47(58)60-2)28-32-17-9-6-10-18-32)41-30-51-37-24-15-13-22-35(37)49-26-27-50-36-23-14-16-25-38(36)52-31-42(53-41)44(34)46(57)55-40(48(59)61-3)29-33-19-11-7-12-20-33/h6-7,9-12,17-20,35-40,49-52H,4-5,8,13-16,21-31H2,1-3H3,(H,54,56)(H,55,57)/t35-,36?,37-,38?,39+,40+/m1/s1. The maximum absolute atomic E-state index is 15.1. The Balaban J connectivity index is 1.49. The van der Waals surface area contributed by atoms with Crippen LogP contribution in [0.4, 0.5) is 0 Å². The Morgan fingerprint density at radius 2 is 1.03 bits per heavy atom. The van der Waals surface area contributed by atoms with Crippen LogP contribution in [0.1, 0.15) is 126 Å². The maximum Gasteiger partial charge on any atom is 0.328 e. The summed E-state index contributed by atoms with van der Waals surface area (Å²) in [5, 5.41) is 21.3. The molecule has 330 valence electrons. The third kappa shape index (κ3) is 12.7. The minimum atomic E-state index is -0.998. The highest BCUT2D eigenvalue weighted by atomic mass is 16.5. The monoisotopic (exact) mass is 838 g/mol. The second-order valence-corrected chi connectivity index (χ2v) is 16.8. The molecule has 6 N–H and O–H groups in total. The van der Waals surface area contributed by atoms with Crippen molar-refractivity contribution < 1.29 is 28.7 Å². The first-order valence-electron chi connectivity index (χ1n) is 22.6. The second kappa shape index (κ2) is 23.5. The van der Waals surface area contributed by atoms with E-state index in [1.807, 2.05) is 60.7 Å². The number of benzene rings is 2. The van der Waals surface area contributed by atoms with E-state index in [1.165, 1.54) is 14.2 Å². The molecule has 1 aliphatic heterocycles. The van der Waals surface area contributed by atoms with Gasteiger partial charge in [0.25, 0.3) is 11.8 Å². The molecule has 13 nitrogen and oxygen atoms in total. The molecule has 2 bridgehead atoms. The average Bonchev–Trinajstić information content (AvgIpc) is 3.29. The third-order valence-electron chi connectivity index (χ3n) is 12.6. The lowest BCUT2D eigenvalue weighted by Gasteiger charge is -2.34. The predicted molar refractivity (Wildman–Crippen MR) is 236 cm³/mol. The van der Waals surface area contributed by atoms with Crippen molar-refractivity contribution >= 4 is 23.8 Å². The lowest BCUT2D eigenvalue weighted by atomic mass is 9.89. The smallest absolute Gasteiger partial charge is 0.328 e. The Morgan fingerprint density at radius 3 is 1.43 bits per heavy atom. The van der Waals surface area contributed by atoms with Gasteiger partial charge in [-0.3, -0.25) is 14.6 Å². The van der Waals surface area contributed by atoms with Crippen LogP contribution in [0.3, 0.4) is 0 Å². The summed E-state index contributed by atoms with van der Waals surface area (Å²) >= 11 is 0. The molecule has 0 radical (unpaired) electrons. The fourth-order valence-electron chi connectivity index (χ4n) is 9.38. The summed E-state index contributed by atoms with van der Waals surface area (Å²) in [6.07, 6.45) is 11.9. The number of ether oxygens (including phenoxy) is 2. The van der Waals surface area contributed by atoms with Crippen LogP contribution in [0.15, 0.2) is 60.7 Å². The Morgan fingerprint density at radius 1 is 0.623 bits per heavy atom. The summed E-state index contributed by atoms with van der Waals surface area (Å²) in [5.74, 6) is -2.15. The van der Waals surface area contributed by atoms with Crippen LogP contribution in [-0.4, -0.2) is 92.3 Å². The number of pyridine rings is 1. The number of carbonyl (C=O) groups excluding carboxylic acids is 4. The van der Waals surface area contributed by atoms with E-state index in [9.17, 15) is 9.59 Å². The van der Waals surface area contributed by atoms with Gasteiger partial charge >= 0.3 is 11.9 Å². The molecule has 3 aromatic rings. The molecule has 2 amide bonds. The van der Waals surface area contributed by atoms with Gasteiger partial charge < -0.3 is 41.4 Å². The minimum Gasteiger partial charge on any atom is -0.467 e. The van der Waals surface area contributed by atoms with Crippen LogP contribution in [-0.2, 0) is 51.4 Å². The number of carbonyl (C=O) groups is 4. The molecule has 6 atom stereocenters. The number of fused-ring (bicyclic) bond motifs is 4. The topological polar surface area (TPSA) is 172 Å². The average molecular weight is 838 g/mol. The Bertz CT molecular complexity index is 1770. The number of nitrogens with zero attached hydrogens (tertiary/aromatic N) is 1. The van der Waals surface area contributed by atoms with Gasteiger partial charge in [-0.2, -0.15) is 0 Å². The molecular formula is C48H67N7O6. The van der Waals surface area contributed by atoms with Gasteiger partial charge in [-0.1, -0.05) is 106 Å². The molecule has 2 aliphatic carbocycles. The van der Waals surface area contributed by atoms with Gasteiger partial charge in [-0.15, -0.1) is 0 Å². The predicted octanol–water partition coefficient (Wildman–Crippen LogP) is 4.84. The van der Waals surface area contributed by atoms with Crippen molar-refractivity contribution in [3.8, 4) is 0 Å². The zero-order valence-electron chi connectivity index (χ0n) is 36.4. The summed E-state index contributed by atoms with van der Waals surface area (Å²) in [6, 6.07) is 17.8. The Kier molecular flexibility index (Phi) is 17.7. The highest BCUT2D eigenvalue weighted by molar-refractivity contribution is 6.05.